The third kappa shape index (κ3) is 4.42. The summed E-state index contributed by atoms with van der Waals surface area (Å²) < 4.78 is 5.76. The molecule has 0 atom stereocenters. The molecule has 0 aliphatic heterocycles. The van der Waals surface area contributed by atoms with Crippen LogP contribution in [0.5, 0.6) is 0 Å². The fraction of sp³-hybridized carbons (Fsp3) is 0.588. The summed E-state index contributed by atoms with van der Waals surface area (Å²) in [5.41, 5.74) is 3.10. The standard InChI is InChI=1S/C17H23BrO2/c1-17(2,3)15-7-13(11-20-10-12-4-5-12)6-14(8-15)16(19)9-18/h6-8,12H,4-5,9-11H2,1-3H3. The van der Waals surface area contributed by atoms with Crippen LogP contribution < -0.4 is 0 Å². The van der Waals surface area contributed by atoms with Gasteiger partial charge in [0, 0.05) is 12.2 Å². The number of Topliss-reactive ketones (excluding diaryl/α,β-unsaturated/α-hetero) is 1. The van der Waals surface area contributed by atoms with Gasteiger partial charge in [0.25, 0.3) is 0 Å². The van der Waals surface area contributed by atoms with Crippen molar-refractivity contribution in [3.8, 4) is 0 Å². The molecule has 1 aliphatic carbocycles. The molecule has 2 rings (SSSR count). The SMILES string of the molecule is CC(C)(C)c1cc(COCC2CC2)cc(C(=O)CBr)c1. The Morgan fingerprint density at radius 1 is 1.30 bits per heavy atom. The van der Waals surface area contributed by atoms with E-state index in [1.165, 1.54) is 18.4 Å². The lowest BCUT2D eigenvalue weighted by Crippen LogP contribution is -2.14. The van der Waals surface area contributed by atoms with E-state index in [0.29, 0.717) is 11.9 Å². The van der Waals surface area contributed by atoms with E-state index in [1.54, 1.807) is 0 Å². The topological polar surface area (TPSA) is 26.3 Å². The van der Waals surface area contributed by atoms with Gasteiger partial charge in [-0.1, -0.05) is 42.8 Å². The van der Waals surface area contributed by atoms with Crippen molar-refractivity contribution in [1.82, 2.24) is 0 Å². The van der Waals surface area contributed by atoms with Crippen LogP contribution in [0, 0.1) is 5.92 Å². The van der Waals surface area contributed by atoms with Crippen molar-refractivity contribution >= 4 is 21.7 Å². The van der Waals surface area contributed by atoms with E-state index >= 15 is 0 Å². The quantitative estimate of drug-likeness (QED) is 0.564. The number of carbonyl (C=O) groups is 1. The second kappa shape index (κ2) is 6.40. The number of benzene rings is 1. The van der Waals surface area contributed by atoms with Gasteiger partial charge in [-0.2, -0.15) is 0 Å². The first-order valence-corrected chi connectivity index (χ1v) is 8.33. The predicted molar refractivity (Wildman–Crippen MR) is 85.6 cm³/mol. The van der Waals surface area contributed by atoms with Crippen LogP contribution in [0.1, 0.15) is 55.1 Å². The van der Waals surface area contributed by atoms with Gasteiger partial charge < -0.3 is 4.74 Å². The Morgan fingerprint density at radius 3 is 2.55 bits per heavy atom. The Hall–Kier alpha value is -0.670. The Morgan fingerprint density at radius 2 is 2.00 bits per heavy atom. The normalized spacial score (nSPS) is 15.4. The molecule has 0 amide bonds. The molecule has 1 fully saturated rings. The third-order valence-electron chi connectivity index (χ3n) is 3.62. The molecule has 1 aromatic carbocycles. The largest absolute Gasteiger partial charge is 0.376 e. The Labute approximate surface area is 130 Å². The number of hydrogen-bond acceptors (Lipinski definition) is 2. The summed E-state index contributed by atoms with van der Waals surface area (Å²) in [6.45, 7) is 7.95. The molecule has 1 aromatic rings. The second-order valence-electron chi connectivity index (χ2n) is 6.68. The average molecular weight is 339 g/mol. The lowest BCUT2D eigenvalue weighted by Gasteiger charge is -2.21. The number of rotatable bonds is 6. The van der Waals surface area contributed by atoms with Gasteiger partial charge in [-0.3, -0.25) is 4.79 Å². The fourth-order valence-electron chi connectivity index (χ4n) is 2.07. The number of alkyl halides is 1. The number of halogens is 1. The Kier molecular flexibility index (Phi) is 5.03. The first-order valence-electron chi connectivity index (χ1n) is 7.21. The van der Waals surface area contributed by atoms with Crippen molar-refractivity contribution in [2.45, 2.75) is 45.6 Å². The molecular formula is C17H23BrO2. The highest BCUT2D eigenvalue weighted by Crippen LogP contribution is 2.29. The molecule has 0 unspecified atom stereocenters. The molecule has 1 aliphatic rings. The van der Waals surface area contributed by atoms with E-state index in [2.05, 4.69) is 42.8 Å². The molecule has 0 bridgehead atoms. The molecule has 0 N–H and O–H groups in total. The van der Waals surface area contributed by atoms with Gasteiger partial charge in [-0.05, 0) is 47.4 Å². The molecule has 20 heavy (non-hydrogen) atoms. The van der Waals surface area contributed by atoms with E-state index in [-0.39, 0.29) is 11.2 Å². The van der Waals surface area contributed by atoms with E-state index in [4.69, 9.17) is 4.74 Å². The summed E-state index contributed by atoms with van der Waals surface area (Å²) in [6.07, 6.45) is 2.60. The fourth-order valence-corrected chi connectivity index (χ4v) is 2.40. The highest BCUT2D eigenvalue weighted by Gasteiger charge is 2.21. The molecule has 110 valence electrons. The predicted octanol–water partition coefficient (Wildman–Crippen LogP) is 4.49. The van der Waals surface area contributed by atoms with Crippen LogP contribution >= 0.6 is 15.9 Å². The highest BCUT2D eigenvalue weighted by atomic mass is 79.9. The van der Waals surface area contributed by atoms with Crippen molar-refractivity contribution in [3.63, 3.8) is 0 Å². The molecule has 0 heterocycles. The minimum absolute atomic E-state index is 0.0356. The highest BCUT2D eigenvalue weighted by molar-refractivity contribution is 9.09. The lowest BCUT2D eigenvalue weighted by molar-refractivity contribution is 0.102. The molecule has 1 saturated carbocycles. The Balaban J connectivity index is 2.17. The third-order valence-corrected chi connectivity index (χ3v) is 4.13. The molecule has 3 heteroatoms. The summed E-state index contributed by atoms with van der Waals surface area (Å²) in [5, 5.41) is 0.364. The van der Waals surface area contributed by atoms with Crippen molar-refractivity contribution in [2.24, 2.45) is 5.92 Å². The maximum absolute atomic E-state index is 11.9. The van der Waals surface area contributed by atoms with Gasteiger partial charge in [-0.25, -0.2) is 0 Å². The zero-order valence-electron chi connectivity index (χ0n) is 12.5. The summed E-state index contributed by atoms with van der Waals surface area (Å²) in [4.78, 5) is 11.9. The van der Waals surface area contributed by atoms with E-state index in [1.807, 2.05) is 12.1 Å². The van der Waals surface area contributed by atoms with Crippen molar-refractivity contribution < 1.29 is 9.53 Å². The van der Waals surface area contributed by atoms with Crippen LogP contribution in [0.2, 0.25) is 0 Å². The average Bonchev–Trinajstić information content (AvgIpc) is 3.20. The summed E-state index contributed by atoms with van der Waals surface area (Å²) in [6, 6.07) is 6.14. The second-order valence-corrected chi connectivity index (χ2v) is 7.24. The van der Waals surface area contributed by atoms with Crippen LogP contribution in [-0.4, -0.2) is 17.7 Å². The summed E-state index contributed by atoms with van der Waals surface area (Å²) in [7, 11) is 0. The van der Waals surface area contributed by atoms with Gasteiger partial charge in [0.05, 0.1) is 11.9 Å². The number of ketones is 1. The lowest BCUT2D eigenvalue weighted by atomic mass is 9.84. The van der Waals surface area contributed by atoms with E-state index in [9.17, 15) is 4.79 Å². The number of ether oxygens (including phenoxy) is 1. The van der Waals surface area contributed by atoms with Crippen LogP contribution in [0.4, 0.5) is 0 Å². The maximum atomic E-state index is 11.9. The first-order chi connectivity index (χ1) is 9.40. The summed E-state index contributed by atoms with van der Waals surface area (Å²) >= 11 is 3.25. The van der Waals surface area contributed by atoms with E-state index in [0.717, 1.165) is 23.7 Å². The molecule has 0 aromatic heterocycles. The van der Waals surface area contributed by atoms with E-state index < -0.39 is 0 Å². The number of carbonyl (C=O) groups excluding carboxylic acids is 1. The van der Waals surface area contributed by atoms with Crippen LogP contribution in [0.15, 0.2) is 18.2 Å². The molecule has 0 saturated heterocycles. The van der Waals surface area contributed by atoms with Gasteiger partial charge in [0.1, 0.15) is 0 Å². The molecule has 0 spiro atoms. The maximum Gasteiger partial charge on any atom is 0.173 e. The van der Waals surface area contributed by atoms with Crippen molar-refractivity contribution in [1.29, 1.82) is 0 Å². The van der Waals surface area contributed by atoms with Gasteiger partial charge in [0.2, 0.25) is 0 Å². The summed E-state index contributed by atoms with van der Waals surface area (Å²) in [5.74, 6) is 0.893. The van der Waals surface area contributed by atoms with Gasteiger partial charge >= 0.3 is 0 Å². The Bertz CT molecular complexity index is 484. The minimum atomic E-state index is 0.0356. The van der Waals surface area contributed by atoms with Crippen LogP contribution in [0.25, 0.3) is 0 Å². The van der Waals surface area contributed by atoms with Crippen LogP contribution in [0.3, 0.4) is 0 Å². The zero-order chi connectivity index (χ0) is 14.8. The smallest absolute Gasteiger partial charge is 0.173 e. The minimum Gasteiger partial charge on any atom is -0.376 e. The monoisotopic (exact) mass is 338 g/mol. The van der Waals surface area contributed by atoms with Crippen molar-refractivity contribution in [3.05, 3.63) is 34.9 Å². The molecule has 0 radical (unpaired) electrons. The molecular weight excluding hydrogens is 316 g/mol. The zero-order valence-corrected chi connectivity index (χ0v) is 14.1. The first kappa shape index (κ1) is 15.7. The van der Waals surface area contributed by atoms with Crippen molar-refractivity contribution in [2.75, 3.05) is 11.9 Å². The van der Waals surface area contributed by atoms with Gasteiger partial charge in [0.15, 0.2) is 5.78 Å². The molecule has 2 nitrogen and oxygen atoms in total. The van der Waals surface area contributed by atoms with Gasteiger partial charge in [-0.15, -0.1) is 0 Å². The number of hydrogen-bond donors (Lipinski definition) is 0. The van der Waals surface area contributed by atoms with Crippen LogP contribution in [-0.2, 0) is 16.8 Å².